The van der Waals surface area contributed by atoms with Crippen LogP contribution in [0.2, 0.25) is 0 Å². The lowest BCUT2D eigenvalue weighted by atomic mass is 10.1. The Morgan fingerprint density at radius 1 is 1.00 bits per heavy atom. The third kappa shape index (κ3) is 13.8. The number of aromatic amines is 1. The van der Waals surface area contributed by atoms with E-state index in [0.29, 0.717) is 43.7 Å². The van der Waals surface area contributed by atoms with Crippen molar-refractivity contribution in [2.45, 2.75) is 69.1 Å². The Bertz CT molecular complexity index is 926. The van der Waals surface area contributed by atoms with Crippen LogP contribution in [0.4, 0.5) is 0 Å². The van der Waals surface area contributed by atoms with Crippen LogP contribution in [0.5, 0.6) is 0 Å². The van der Waals surface area contributed by atoms with Gasteiger partial charge in [0.25, 0.3) is 0 Å². The van der Waals surface area contributed by atoms with Crippen molar-refractivity contribution in [1.82, 2.24) is 25.9 Å². The molecule has 0 aliphatic rings. The van der Waals surface area contributed by atoms with Crippen LogP contribution in [0.1, 0.15) is 44.2 Å². The minimum absolute atomic E-state index is 0.0565. The number of aromatic nitrogens is 2. The van der Waals surface area contributed by atoms with E-state index in [4.69, 9.17) is 22.9 Å². The van der Waals surface area contributed by atoms with Gasteiger partial charge in [-0.3, -0.25) is 19.4 Å². The molecule has 0 aromatic carbocycles. The fourth-order valence-electron chi connectivity index (χ4n) is 3.55. The molecule has 0 saturated heterocycles. The molecule has 16 heteroatoms. The smallest absolute Gasteiger partial charge is 0.326 e. The first-order chi connectivity index (χ1) is 18.6. The number of thioether (sulfide) groups is 1. The second kappa shape index (κ2) is 18.8. The number of unbranched alkanes of at least 4 members (excludes halogenated alkanes) is 1. The van der Waals surface area contributed by atoms with Crippen LogP contribution in [0.25, 0.3) is 0 Å². The third-order valence-electron chi connectivity index (χ3n) is 5.72. The highest BCUT2D eigenvalue weighted by Crippen LogP contribution is 2.07. The van der Waals surface area contributed by atoms with Crippen molar-refractivity contribution in [3.8, 4) is 0 Å². The number of nitrogens with one attached hydrogen (secondary N) is 4. The Morgan fingerprint density at radius 2 is 1.67 bits per heavy atom. The molecule has 0 bridgehead atoms. The highest BCUT2D eigenvalue weighted by molar-refractivity contribution is 7.98. The minimum atomic E-state index is -1.18. The Kier molecular flexibility index (Phi) is 16.2. The zero-order valence-corrected chi connectivity index (χ0v) is 23.0. The lowest BCUT2D eigenvalue weighted by Gasteiger charge is -2.25. The number of H-pyrrole nitrogens is 1. The number of hydrogen-bond donors (Lipinski definition) is 9. The van der Waals surface area contributed by atoms with Gasteiger partial charge in [-0.1, -0.05) is 6.42 Å². The van der Waals surface area contributed by atoms with Crippen molar-refractivity contribution in [3.63, 3.8) is 0 Å². The van der Waals surface area contributed by atoms with Crippen molar-refractivity contribution >= 4 is 41.4 Å². The van der Waals surface area contributed by atoms with Gasteiger partial charge in [0.1, 0.15) is 18.1 Å². The number of amides is 3. The largest absolute Gasteiger partial charge is 0.480 e. The van der Waals surface area contributed by atoms with Crippen LogP contribution >= 0.6 is 11.8 Å². The molecule has 3 amide bonds. The van der Waals surface area contributed by atoms with E-state index in [-0.39, 0.29) is 31.8 Å². The van der Waals surface area contributed by atoms with Crippen molar-refractivity contribution in [1.29, 1.82) is 0 Å². The quantitative estimate of drug-likeness (QED) is 0.0459. The summed E-state index contributed by atoms with van der Waals surface area (Å²) in [7, 11) is 0. The molecule has 1 heterocycles. The first-order valence-electron chi connectivity index (χ1n) is 12.7. The molecule has 0 saturated carbocycles. The number of carboxylic acids is 1. The molecule has 0 radical (unpaired) electrons. The molecular formula is C23H42N10O5S. The number of imidazole rings is 1. The van der Waals surface area contributed by atoms with Gasteiger partial charge in [0.15, 0.2) is 5.96 Å². The molecule has 0 spiro atoms. The fourth-order valence-corrected chi connectivity index (χ4v) is 4.03. The van der Waals surface area contributed by atoms with Gasteiger partial charge in [-0.25, -0.2) is 9.78 Å². The SMILES string of the molecule is CSCCC(NC(=O)C(CCCN=C(N)N)NC(=O)C(Cc1cnc[nH]1)NC(=O)C(N)CCCCN)C(=O)O. The van der Waals surface area contributed by atoms with Crippen LogP contribution in [0.15, 0.2) is 17.5 Å². The van der Waals surface area contributed by atoms with Crippen LogP contribution in [-0.2, 0) is 25.6 Å². The first-order valence-corrected chi connectivity index (χ1v) is 14.1. The normalized spacial score (nSPS) is 13.9. The van der Waals surface area contributed by atoms with E-state index in [9.17, 15) is 24.3 Å². The van der Waals surface area contributed by atoms with Gasteiger partial charge in [-0.15, -0.1) is 0 Å². The Hall–Kier alpha value is -3.37. The molecule has 0 fully saturated rings. The van der Waals surface area contributed by atoms with Crippen LogP contribution in [0.3, 0.4) is 0 Å². The second-order valence-corrected chi connectivity index (χ2v) is 9.91. The van der Waals surface area contributed by atoms with E-state index in [2.05, 4.69) is 30.9 Å². The van der Waals surface area contributed by atoms with Crippen LogP contribution in [0, 0.1) is 0 Å². The molecule has 0 aliphatic heterocycles. The molecule has 1 aromatic rings. The lowest BCUT2D eigenvalue weighted by molar-refractivity contribution is -0.142. The molecule has 220 valence electrons. The molecule has 1 aromatic heterocycles. The number of carboxylic acid groups (broad SMARTS) is 1. The topological polar surface area (TPSA) is 270 Å². The maximum absolute atomic E-state index is 13.4. The summed E-state index contributed by atoms with van der Waals surface area (Å²) < 4.78 is 0. The number of carbonyl (C=O) groups is 4. The first kappa shape index (κ1) is 33.7. The molecule has 4 atom stereocenters. The fraction of sp³-hybridized carbons (Fsp3) is 0.652. The number of aliphatic imine (C=N–C) groups is 1. The van der Waals surface area contributed by atoms with E-state index in [1.807, 2.05) is 6.26 Å². The monoisotopic (exact) mass is 570 g/mol. The van der Waals surface area contributed by atoms with Crippen LogP contribution < -0.4 is 38.9 Å². The summed E-state index contributed by atoms with van der Waals surface area (Å²) in [6, 6.07) is -4.17. The van der Waals surface area contributed by atoms with Gasteiger partial charge in [-0.2, -0.15) is 11.8 Å². The Labute approximate surface area is 232 Å². The average Bonchev–Trinajstić information content (AvgIpc) is 3.40. The predicted molar refractivity (Wildman–Crippen MR) is 150 cm³/mol. The Balaban J connectivity index is 3.05. The van der Waals surface area contributed by atoms with Gasteiger partial charge in [-0.05, 0) is 50.7 Å². The standard InChI is InChI=1S/C23H42N10O5S/c1-39-10-7-17(22(37)38)32-20(35)16(6-4-9-29-23(26)27)31-21(36)18(11-14-12-28-13-30-14)33-19(34)15(25)5-2-3-8-24/h12-13,15-18H,2-11,24-25H2,1H3,(H,28,30)(H,31,36)(H,32,35)(H,33,34)(H,37,38)(H4,26,27,29). The van der Waals surface area contributed by atoms with Gasteiger partial charge in [0, 0.05) is 24.9 Å². The molecule has 13 N–H and O–H groups in total. The van der Waals surface area contributed by atoms with Crippen molar-refractivity contribution in [2.75, 3.05) is 25.1 Å². The molecule has 39 heavy (non-hydrogen) atoms. The zero-order valence-electron chi connectivity index (χ0n) is 22.2. The van der Waals surface area contributed by atoms with Crippen molar-refractivity contribution in [2.24, 2.45) is 27.9 Å². The Morgan fingerprint density at radius 3 is 2.26 bits per heavy atom. The van der Waals surface area contributed by atoms with E-state index >= 15 is 0 Å². The molecule has 15 nitrogen and oxygen atoms in total. The van der Waals surface area contributed by atoms with E-state index < -0.39 is 47.9 Å². The number of aliphatic carboxylic acids is 1. The molecule has 1 rings (SSSR count). The van der Waals surface area contributed by atoms with Gasteiger partial charge in [0.05, 0.1) is 12.4 Å². The average molecular weight is 571 g/mol. The summed E-state index contributed by atoms with van der Waals surface area (Å²) >= 11 is 1.45. The number of guanidine groups is 1. The summed E-state index contributed by atoms with van der Waals surface area (Å²) in [4.78, 5) is 61.5. The molecule has 0 aliphatic carbocycles. The van der Waals surface area contributed by atoms with E-state index in [1.165, 1.54) is 24.3 Å². The van der Waals surface area contributed by atoms with Gasteiger partial charge < -0.3 is 49.0 Å². The molecule has 4 unspecified atom stereocenters. The third-order valence-corrected chi connectivity index (χ3v) is 6.37. The summed E-state index contributed by atoms with van der Waals surface area (Å²) in [5.41, 5.74) is 22.8. The van der Waals surface area contributed by atoms with Crippen molar-refractivity contribution in [3.05, 3.63) is 18.2 Å². The minimum Gasteiger partial charge on any atom is -0.480 e. The van der Waals surface area contributed by atoms with Gasteiger partial charge >= 0.3 is 5.97 Å². The second-order valence-electron chi connectivity index (χ2n) is 8.92. The zero-order chi connectivity index (χ0) is 29.2. The number of nitrogens with two attached hydrogens (primary N) is 4. The lowest BCUT2D eigenvalue weighted by Crippen LogP contribution is -2.57. The highest BCUT2D eigenvalue weighted by Gasteiger charge is 2.30. The maximum Gasteiger partial charge on any atom is 0.326 e. The van der Waals surface area contributed by atoms with Gasteiger partial charge in [0.2, 0.25) is 17.7 Å². The number of nitrogens with zero attached hydrogens (tertiary/aromatic N) is 2. The van der Waals surface area contributed by atoms with Crippen LogP contribution in [-0.4, -0.2) is 94.0 Å². The van der Waals surface area contributed by atoms with Crippen molar-refractivity contribution < 1.29 is 24.3 Å². The summed E-state index contributed by atoms with van der Waals surface area (Å²) in [6.07, 6.45) is 7.23. The maximum atomic E-state index is 13.4. The van der Waals surface area contributed by atoms with E-state index in [0.717, 1.165) is 0 Å². The molecular weight excluding hydrogens is 528 g/mol. The highest BCUT2D eigenvalue weighted by atomic mass is 32.2. The predicted octanol–water partition coefficient (Wildman–Crippen LogP) is -2.25. The number of rotatable bonds is 20. The summed E-state index contributed by atoms with van der Waals surface area (Å²) in [6.45, 7) is 0.675. The van der Waals surface area contributed by atoms with E-state index in [1.54, 1.807) is 0 Å². The summed E-state index contributed by atoms with van der Waals surface area (Å²) in [5.74, 6) is -2.63. The number of hydrogen-bond acceptors (Lipinski definition) is 9. The number of carbonyl (C=O) groups excluding carboxylic acids is 3. The summed E-state index contributed by atoms with van der Waals surface area (Å²) in [5, 5.41) is 17.3.